The fourth-order valence-corrected chi connectivity index (χ4v) is 3.54. The number of nitrogens with zero attached hydrogens (tertiary/aromatic N) is 3. The molecule has 0 unspecified atom stereocenters. The van der Waals surface area contributed by atoms with Crippen molar-refractivity contribution in [1.82, 2.24) is 14.8 Å². The average Bonchev–Trinajstić information content (AvgIpc) is 3.21. The molecule has 2 aromatic rings. The van der Waals surface area contributed by atoms with Crippen LogP contribution in [0.1, 0.15) is 25.9 Å². The summed E-state index contributed by atoms with van der Waals surface area (Å²) in [6.07, 6.45) is 0. The minimum Gasteiger partial charge on any atom is -0.497 e. The Hall–Kier alpha value is -2.65. The Morgan fingerprint density at radius 3 is 2.07 bits per heavy atom. The summed E-state index contributed by atoms with van der Waals surface area (Å²) in [4.78, 5) is 33.0. The molecule has 0 bridgehead atoms. The van der Waals surface area contributed by atoms with E-state index in [1.165, 1.54) is 11.3 Å². The molecule has 0 radical (unpaired) electrons. The number of rotatable bonds is 5. The van der Waals surface area contributed by atoms with Crippen LogP contribution < -0.4 is 15.2 Å². The highest BCUT2D eigenvalue weighted by molar-refractivity contribution is 7.09. The van der Waals surface area contributed by atoms with Crippen molar-refractivity contribution in [2.45, 2.75) is 6.54 Å². The van der Waals surface area contributed by atoms with Crippen LogP contribution in [-0.4, -0.2) is 67.0 Å². The van der Waals surface area contributed by atoms with E-state index >= 15 is 0 Å². The van der Waals surface area contributed by atoms with Crippen molar-refractivity contribution in [1.29, 1.82) is 0 Å². The highest BCUT2D eigenvalue weighted by Gasteiger charge is 2.27. The van der Waals surface area contributed by atoms with E-state index < -0.39 is 0 Å². The van der Waals surface area contributed by atoms with Gasteiger partial charge < -0.3 is 25.0 Å². The Morgan fingerprint density at radius 1 is 1.04 bits per heavy atom. The predicted octanol–water partition coefficient (Wildman–Crippen LogP) is 1.22. The second-order valence-corrected chi connectivity index (χ2v) is 6.96. The second kappa shape index (κ2) is 8.36. The lowest BCUT2D eigenvalue weighted by atomic mass is 10.1. The number of aromatic nitrogens is 1. The number of hydrogen-bond acceptors (Lipinski definition) is 7. The molecule has 1 aromatic heterocycles. The highest BCUT2D eigenvalue weighted by atomic mass is 32.1. The van der Waals surface area contributed by atoms with Gasteiger partial charge in [-0.05, 0) is 12.1 Å². The molecule has 1 aliphatic rings. The van der Waals surface area contributed by atoms with Crippen molar-refractivity contribution in [3.05, 3.63) is 39.8 Å². The molecule has 2 N–H and O–H groups in total. The molecular weight excluding hydrogens is 368 g/mol. The van der Waals surface area contributed by atoms with Gasteiger partial charge in [0.05, 0.1) is 14.2 Å². The van der Waals surface area contributed by atoms with Crippen LogP contribution in [0, 0.1) is 0 Å². The molecule has 1 aromatic carbocycles. The van der Waals surface area contributed by atoms with E-state index in [1.54, 1.807) is 47.6 Å². The number of amides is 2. The fourth-order valence-electron chi connectivity index (χ4n) is 2.89. The fraction of sp³-hybridized carbons (Fsp3) is 0.389. The van der Waals surface area contributed by atoms with Crippen LogP contribution in [0.25, 0.3) is 0 Å². The minimum atomic E-state index is -0.124. The molecule has 2 heterocycles. The maximum Gasteiger partial charge on any atom is 0.273 e. The van der Waals surface area contributed by atoms with E-state index in [1.807, 2.05) is 0 Å². The molecule has 2 amide bonds. The molecule has 8 nitrogen and oxygen atoms in total. The number of benzene rings is 1. The smallest absolute Gasteiger partial charge is 0.273 e. The van der Waals surface area contributed by atoms with Crippen LogP contribution >= 0.6 is 11.3 Å². The lowest BCUT2D eigenvalue weighted by Crippen LogP contribution is -2.50. The van der Waals surface area contributed by atoms with E-state index in [0.29, 0.717) is 55.5 Å². The van der Waals surface area contributed by atoms with Crippen molar-refractivity contribution < 1.29 is 19.1 Å². The van der Waals surface area contributed by atoms with E-state index in [9.17, 15) is 9.59 Å². The van der Waals surface area contributed by atoms with Crippen molar-refractivity contribution >= 4 is 23.2 Å². The first-order valence-corrected chi connectivity index (χ1v) is 9.39. The Morgan fingerprint density at radius 2 is 1.59 bits per heavy atom. The van der Waals surface area contributed by atoms with Crippen LogP contribution in [0.3, 0.4) is 0 Å². The van der Waals surface area contributed by atoms with Crippen molar-refractivity contribution in [3.8, 4) is 11.5 Å². The number of hydrogen-bond donors (Lipinski definition) is 1. The lowest BCUT2D eigenvalue weighted by molar-refractivity contribution is 0.0532. The van der Waals surface area contributed by atoms with Gasteiger partial charge in [-0.3, -0.25) is 9.59 Å². The summed E-state index contributed by atoms with van der Waals surface area (Å²) in [5, 5.41) is 2.46. The predicted molar refractivity (Wildman–Crippen MR) is 101 cm³/mol. The van der Waals surface area contributed by atoms with Gasteiger partial charge in [-0.15, -0.1) is 11.3 Å². The summed E-state index contributed by atoms with van der Waals surface area (Å²) in [6.45, 7) is 2.16. The van der Waals surface area contributed by atoms with Gasteiger partial charge in [0.25, 0.3) is 11.8 Å². The Labute approximate surface area is 161 Å². The van der Waals surface area contributed by atoms with Crippen LogP contribution in [0.5, 0.6) is 11.5 Å². The molecule has 27 heavy (non-hydrogen) atoms. The Kier molecular flexibility index (Phi) is 5.92. The number of ether oxygens (including phenoxy) is 2. The topological polar surface area (TPSA) is 98.0 Å². The summed E-state index contributed by atoms with van der Waals surface area (Å²) in [5.41, 5.74) is 6.46. The van der Waals surface area contributed by atoms with Gasteiger partial charge in [-0.1, -0.05) is 0 Å². The summed E-state index contributed by atoms with van der Waals surface area (Å²) >= 11 is 1.38. The van der Waals surface area contributed by atoms with Gasteiger partial charge in [0, 0.05) is 49.7 Å². The first kappa shape index (κ1) is 19.1. The third-order valence-corrected chi connectivity index (χ3v) is 5.27. The van der Waals surface area contributed by atoms with Crippen LogP contribution in [0.2, 0.25) is 0 Å². The van der Waals surface area contributed by atoms with Crippen molar-refractivity contribution in [2.75, 3.05) is 40.4 Å². The van der Waals surface area contributed by atoms with Crippen molar-refractivity contribution in [2.24, 2.45) is 5.73 Å². The number of carbonyl (C=O) groups is 2. The van der Waals surface area contributed by atoms with Crippen LogP contribution in [-0.2, 0) is 6.54 Å². The van der Waals surface area contributed by atoms with E-state index in [4.69, 9.17) is 15.2 Å². The molecule has 0 saturated carbocycles. The zero-order valence-corrected chi connectivity index (χ0v) is 16.1. The van der Waals surface area contributed by atoms with Gasteiger partial charge in [-0.25, -0.2) is 4.98 Å². The zero-order chi connectivity index (χ0) is 19.4. The number of nitrogens with two attached hydrogens (primary N) is 1. The third kappa shape index (κ3) is 4.20. The number of thiazole rings is 1. The molecule has 0 spiro atoms. The number of piperazine rings is 1. The molecule has 0 atom stereocenters. The summed E-state index contributed by atoms with van der Waals surface area (Å²) in [5.74, 6) is 0.885. The Bertz CT molecular complexity index is 808. The first-order chi connectivity index (χ1) is 13.0. The van der Waals surface area contributed by atoms with Gasteiger partial charge in [0.1, 0.15) is 22.2 Å². The zero-order valence-electron chi connectivity index (χ0n) is 15.3. The molecule has 9 heteroatoms. The molecule has 1 saturated heterocycles. The maximum atomic E-state index is 12.8. The third-order valence-electron chi connectivity index (χ3n) is 4.40. The standard InChI is InChI=1S/C18H22N4O4S/c1-25-13-7-12(8-14(9-13)26-2)17(23)21-3-5-22(6-4-21)18(24)15-11-27-16(10-19)20-15/h7-9,11H,3-6,10,19H2,1-2H3. The molecule has 1 fully saturated rings. The Balaban J connectivity index is 1.65. The van der Waals surface area contributed by atoms with Gasteiger partial charge in [0.2, 0.25) is 0 Å². The SMILES string of the molecule is COc1cc(OC)cc(C(=O)N2CCN(C(=O)c3csc(CN)n3)CC2)c1. The molecule has 1 aliphatic heterocycles. The van der Waals surface area contributed by atoms with Gasteiger partial charge in [0.15, 0.2) is 0 Å². The van der Waals surface area contributed by atoms with Crippen LogP contribution in [0.15, 0.2) is 23.6 Å². The maximum absolute atomic E-state index is 12.8. The molecule has 0 aliphatic carbocycles. The number of carbonyl (C=O) groups excluding carboxylic acids is 2. The minimum absolute atomic E-state index is 0.113. The quantitative estimate of drug-likeness (QED) is 0.824. The summed E-state index contributed by atoms with van der Waals surface area (Å²) < 4.78 is 10.5. The highest BCUT2D eigenvalue weighted by Crippen LogP contribution is 2.24. The lowest BCUT2D eigenvalue weighted by Gasteiger charge is -2.34. The summed E-state index contributed by atoms with van der Waals surface area (Å²) in [6, 6.07) is 5.09. The van der Waals surface area contributed by atoms with E-state index in [2.05, 4.69) is 4.98 Å². The van der Waals surface area contributed by atoms with Crippen molar-refractivity contribution in [3.63, 3.8) is 0 Å². The molecular formula is C18H22N4O4S. The molecule has 3 rings (SSSR count). The van der Waals surface area contributed by atoms with E-state index in [-0.39, 0.29) is 11.8 Å². The summed E-state index contributed by atoms with van der Waals surface area (Å²) in [7, 11) is 3.09. The number of methoxy groups -OCH3 is 2. The average molecular weight is 390 g/mol. The van der Waals surface area contributed by atoms with E-state index in [0.717, 1.165) is 5.01 Å². The normalized spacial score (nSPS) is 14.2. The van der Waals surface area contributed by atoms with Crippen LogP contribution in [0.4, 0.5) is 0 Å². The van der Waals surface area contributed by atoms with Gasteiger partial charge >= 0.3 is 0 Å². The van der Waals surface area contributed by atoms with Gasteiger partial charge in [-0.2, -0.15) is 0 Å². The second-order valence-electron chi connectivity index (χ2n) is 6.02. The molecule has 144 valence electrons. The monoisotopic (exact) mass is 390 g/mol. The first-order valence-electron chi connectivity index (χ1n) is 8.51. The largest absolute Gasteiger partial charge is 0.497 e.